The highest BCUT2D eigenvalue weighted by Gasteiger charge is 2.31. The average molecular weight is 406 g/mol. The number of likely N-dealkylation sites (tertiary alicyclic amines) is 1. The SMILES string of the molecule is Cc1ccc(C(C)C)c(OCCCn2c(C3CC(=O)N(C)C3)nc3ccccc32)c1. The number of rotatable bonds is 7. The number of hydrogen-bond donors (Lipinski definition) is 0. The van der Waals surface area contributed by atoms with Crippen LogP contribution >= 0.6 is 0 Å². The lowest BCUT2D eigenvalue weighted by Crippen LogP contribution is -2.19. The molecule has 0 radical (unpaired) electrons. The van der Waals surface area contributed by atoms with Crippen molar-refractivity contribution in [3.8, 4) is 5.75 Å². The van der Waals surface area contributed by atoms with Gasteiger partial charge in [-0.2, -0.15) is 0 Å². The molecule has 0 bridgehead atoms. The molecule has 3 aromatic rings. The van der Waals surface area contributed by atoms with E-state index in [1.807, 2.05) is 30.1 Å². The summed E-state index contributed by atoms with van der Waals surface area (Å²) in [6.07, 6.45) is 1.42. The lowest BCUT2D eigenvalue weighted by atomic mass is 10.0. The molecule has 1 unspecified atom stereocenters. The zero-order chi connectivity index (χ0) is 21.3. The van der Waals surface area contributed by atoms with Crippen molar-refractivity contribution in [2.75, 3.05) is 20.2 Å². The maximum absolute atomic E-state index is 12.1. The Bertz CT molecular complexity index is 1050. The van der Waals surface area contributed by atoms with Crippen molar-refractivity contribution in [1.29, 1.82) is 0 Å². The maximum atomic E-state index is 12.1. The van der Waals surface area contributed by atoms with Crippen molar-refractivity contribution in [3.63, 3.8) is 0 Å². The summed E-state index contributed by atoms with van der Waals surface area (Å²) in [5.74, 6) is 2.79. The molecule has 0 N–H and O–H groups in total. The summed E-state index contributed by atoms with van der Waals surface area (Å²) in [5.41, 5.74) is 4.60. The van der Waals surface area contributed by atoms with Crippen LogP contribution in [0.3, 0.4) is 0 Å². The monoisotopic (exact) mass is 405 g/mol. The molecule has 1 fully saturated rings. The summed E-state index contributed by atoms with van der Waals surface area (Å²) < 4.78 is 8.48. The molecule has 0 spiro atoms. The van der Waals surface area contributed by atoms with E-state index in [1.54, 1.807) is 0 Å². The first-order valence-corrected chi connectivity index (χ1v) is 10.9. The van der Waals surface area contributed by atoms with Gasteiger partial charge in [0, 0.05) is 32.5 Å². The van der Waals surface area contributed by atoms with Crippen molar-refractivity contribution in [1.82, 2.24) is 14.5 Å². The Hall–Kier alpha value is -2.82. The van der Waals surface area contributed by atoms with Crippen LogP contribution in [0, 0.1) is 6.92 Å². The molecule has 30 heavy (non-hydrogen) atoms. The van der Waals surface area contributed by atoms with Crippen LogP contribution in [-0.2, 0) is 11.3 Å². The first kappa shape index (κ1) is 20.5. The van der Waals surface area contributed by atoms with Crippen LogP contribution in [0.2, 0.25) is 0 Å². The van der Waals surface area contributed by atoms with E-state index >= 15 is 0 Å². The van der Waals surface area contributed by atoms with E-state index in [2.05, 4.69) is 49.6 Å². The highest BCUT2D eigenvalue weighted by atomic mass is 16.5. The van der Waals surface area contributed by atoms with Crippen molar-refractivity contribution in [2.24, 2.45) is 0 Å². The third kappa shape index (κ3) is 4.07. The fourth-order valence-electron chi connectivity index (χ4n) is 4.33. The fraction of sp³-hybridized carbons (Fsp3) is 0.440. The quantitative estimate of drug-likeness (QED) is 0.526. The molecule has 1 saturated heterocycles. The van der Waals surface area contributed by atoms with Crippen LogP contribution < -0.4 is 4.74 Å². The fourth-order valence-corrected chi connectivity index (χ4v) is 4.33. The number of amides is 1. The van der Waals surface area contributed by atoms with Crippen LogP contribution in [-0.4, -0.2) is 40.6 Å². The van der Waals surface area contributed by atoms with Gasteiger partial charge in [0.15, 0.2) is 0 Å². The molecular weight excluding hydrogens is 374 g/mol. The number of para-hydroxylation sites is 2. The lowest BCUT2D eigenvalue weighted by molar-refractivity contribution is -0.126. The van der Waals surface area contributed by atoms with Gasteiger partial charge < -0.3 is 14.2 Å². The summed E-state index contributed by atoms with van der Waals surface area (Å²) in [7, 11) is 1.87. The van der Waals surface area contributed by atoms with Gasteiger partial charge in [-0.15, -0.1) is 0 Å². The number of aryl methyl sites for hydroxylation is 2. The summed E-state index contributed by atoms with van der Waals surface area (Å²) >= 11 is 0. The van der Waals surface area contributed by atoms with E-state index in [1.165, 1.54) is 11.1 Å². The molecule has 1 aromatic heterocycles. The van der Waals surface area contributed by atoms with Crippen molar-refractivity contribution < 1.29 is 9.53 Å². The van der Waals surface area contributed by atoms with Gasteiger partial charge in [-0.05, 0) is 48.6 Å². The predicted molar refractivity (Wildman–Crippen MR) is 120 cm³/mol. The van der Waals surface area contributed by atoms with Crippen molar-refractivity contribution >= 4 is 16.9 Å². The molecule has 1 atom stereocenters. The van der Waals surface area contributed by atoms with Crippen LogP contribution in [0.4, 0.5) is 0 Å². The molecular formula is C25H31N3O2. The van der Waals surface area contributed by atoms with Crippen molar-refractivity contribution in [2.45, 2.75) is 52.0 Å². The summed E-state index contributed by atoms with van der Waals surface area (Å²) in [6, 6.07) is 14.7. The van der Waals surface area contributed by atoms with E-state index in [0.29, 0.717) is 18.9 Å². The Morgan fingerprint density at radius 1 is 1.20 bits per heavy atom. The van der Waals surface area contributed by atoms with E-state index in [4.69, 9.17) is 9.72 Å². The Morgan fingerprint density at radius 3 is 2.73 bits per heavy atom. The number of carbonyl (C=O) groups excluding carboxylic acids is 1. The van der Waals surface area contributed by atoms with E-state index in [-0.39, 0.29) is 11.8 Å². The van der Waals surface area contributed by atoms with Gasteiger partial charge in [-0.1, -0.05) is 38.1 Å². The number of benzene rings is 2. The number of ether oxygens (including phenoxy) is 1. The molecule has 4 rings (SSSR count). The topological polar surface area (TPSA) is 47.4 Å². The summed E-state index contributed by atoms with van der Waals surface area (Å²) in [4.78, 5) is 18.8. The van der Waals surface area contributed by atoms with Gasteiger partial charge >= 0.3 is 0 Å². The second-order valence-electron chi connectivity index (χ2n) is 8.68. The number of nitrogens with zero attached hydrogens (tertiary/aromatic N) is 3. The minimum Gasteiger partial charge on any atom is -0.493 e. The van der Waals surface area contributed by atoms with E-state index in [0.717, 1.165) is 42.1 Å². The number of fused-ring (bicyclic) bond motifs is 1. The minimum atomic E-state index is 0.153. The van der Waals surface area contributed by atoms with Gasteiger partial charge in [0.1, 0.15) is 11.6 Å². The second kappa shape index (κ2) is 8.50. The maximum Gasteiger partial charge on any atom is 0.223 e. The summed E-state index contributed by atoms with van der Waals surface area (Å²) in [6.45, 7) is 8.70. The Morgan fingerprint density at radius 2 is 2.00 bits per heavy atom. The predicted octanol–water partition coefficient (Wildman–Crippen LogP) is 4.88. The second-order valence-corrected chi connectivity index (χ2v) is 8.68. The highest BCUT2D eigenvalue weighted by Crippen LogP contribution is 2.30. The molecule has 5 nitrogen and oxygen atoms in total. The lowest BCUT2D eigenvalue weighted by Gasteiger charge is -2.16. The molecule has 1 aliphatic rings. The van der Waals surface area contributed by atoms with Gasteiger partial charge in [0.05, 0.1) is 17.6 Å². The smallest absolute Gasteiger partial charge is 0.223 e. The third-order valence-corrected chi connectivity index (χ3v) is 5.96. The molecule has 158 valence electrons. The Kier molecular flexibility index (Phi) is 5.80. The largest absolute Gasteiger partial charge is 0.493 e. The van der Waals surface area contributed by atoms with E-state index < -0.39 is 0 Å². The minimum absolute atomic E-state index is 0.153. The van der Waals surface area contributed by atoms with Gasteiger partial charge in [0.25, 0.3) is 0 Å². The van der Waals surface area contributed by atoms with Crippen LogP contribution in [0.1, 0.15) is 55.5 Å². The number of likely N-dealkylation sites (N-methyl/N-ethyl adjacent to an activating group) is 1. The molecule has 0 saturated carbocycles. The third-order valence-electron chi connectivity index (χ3n) is 5.96. The molecule has 5 heteroatoms. The number of hydrogen-bond acceptors (Lipinski definition) is 3. The normalized spacial score (nSPS) is 16.8. The molecule has 0 aliphatic carbocycles. The van der Waals surface area contributed by atoms with Gasteiger partial charge in [-0.3, -0.25) is 4.79 Å². The zero-order valence-electron chi connectivity index (χ0n) is 18.4. The highest BCUT2D eigenvalue weighted by molar-refractivity contribution is 5.80. The number of carbonyl (C=O) groups is 1. The van der Waals surface area contributed by atoms with Crippen LogP contribution in [0.15, 0.2) is 42.5 Å². The van der Waals surface area contributed by atoms with E-state index in [9.17, 15) is 4.79 Å². The number of aromatic nitrogens is 2. The Balaban J connectivity index is 1.50. The van der Waals surface area contributed by atoms with Gasteiger partial charge in [0.2, 0.25) is 5.91 Å². The van der Waals surface area contributed by atoms with Crippen LogP contribution in [0.25, 0.3) is 11.0 Å². The van der Waals surface area contributed by atoms with Crippen LogP contribution in [0.5, 0.6) is 5.75 Å². The molecule has 2 aromatic carbocycles. The zero-order valence-corrected chi connectivity index (χ0v) is 18.4. The molecule has 2 heterocycles. The number of imidazole rings is 1. The summed E-state index contributed by atoms with van der Waals surface area (Å²) in [5, 5.41) is 0. The average Bonchev–Trinajstić information content (AvgIpc) is 3.25. The standard InChI is InChI=1S/C25H31N3O2/c1-17(2)20-11-10-18(3)14-23(20)30-13-7-12-28-22-9-6-5-8-21(22)26-25(28)19-15-24(29)27(4)16-19/h5-6,8-11,14,17,19H,7,12-13,15-16H2,1-4H3. The Labute approximate surface area is 178 Å². The first-order valence-electron chi connectivity index (χ1n) is 10.9. The van der Waals surface area contributed by atoms with Crippen molar-refractivity contribution in [3.05, 3.63) is 59.4 Å². The van der Waals surface area contributed by atoms with Gasteiger partial charge in [-0.25, -0.2) is 4.98 Å². The molecule has 1 amide bonds. The molecule has 1 aliphatic heterocycles. The first-order chi connectivity index (χ1) is 14.4.